The van der Waals surface area contributed by atoms with Crippen LogP contribution < -0.4 is 4.74 Å². The molecule has 0 aliphatic carbocycles. The first kappa shape index (κ1) is 13.0. The molecular weight excluding hydrogens is 272 g/mol. The fourth-order valence-corrected chi connectivity index (χ4v) is 2.38. The standard InChI is InChI=1S/C16H15ClN2O/c1-10-3-6-15(11(2)7-10)20-9-16-18-13-5-4-12(17)8-14(13)19-16/h3-8H,9H2,1-2H3,(H,18,19). The maximum Gasteiger partial charge on any atom is 0.146 e. The van der Waals surface area contributed by atoms with Gasteiger partial charge in [0.1, 0.15) is 18.2 Å². The molecule has 1 aromatic heterocycles. The van der Waals surface area contributed by atoms with Gasteiger partial charge in [-0.2, -0.15) is 0 Å². The second kappa shape index (κ2) is 5.17. The van der Waals surface area contributed by atoms with Crippen LogP contribution in [0.5, 0.6) is 5.75 Å². The lowest BCUT2D eigenvalue weighted by atomic mass is 10.1. The number of aromatic nitrogens is 2. The predicted molar refractivity (Wildman–Crippen MR) is 81.4 cm³/mol. The zero-order chi connectivity index (χ0) is 14.1. The van der Waals surface area contributed by atoms with Crippen LogP contribution in [-0.4, -0.2) is 9.97 Å². The Hall–Kier alpha value is -2.00. The van der Waals surface area contributed by atoms with Crippen LogP contribution in [0.15, 0.2) is 36.4 Å². The highest BCUT2D eigenvalue weighted by molar-refractivity contribution is 6.31. The lowest BCUT2D eigenvalue weighted by molar-refractivity contribution is 0.295. The lowest BCUT2D eigenvalue weighted by Crippen LogP contribution is -1.98. The Morgan fingerprint density at radius 1 is 1.15 bits per heavy atom. The minimum Gasteiger partial charge on any atom is -0.485 e. The van der Waals surface area contributed by atoms with E-state index in [9.17, 15) is 0 Å². The molecule has 0 radical (unpaired) electrons. The fraction of sp³-hybridized carbons (Fsp3) is 0.188. The zero-order valence-electron chi connectivity index (χ0n) is 11.4. The van der Waals surface area contributed by atoms with E-state index in [-0.39, 0.29) is 0 Å². The van der Waals surface area contributed by atoms with Gasteiger partial charge in [0.15, 0.2) is 0 Å². The van der Waals surface area contributed by atoms with Gasteiger partial charge in [-0.1, -0.05) is 29.3 Å². The van der Waals surface area contributed by atoms with Gasteiger partial charge in [-0.05, 0) is 43.7 Å². The molecule has 0 aliphatic heterocycles. The molecule has 1 N–H and O–H groups in total. The van der Waals surface area contributed by atoms with E-state index in [4.69, 9.17) is 16.3 Å². The SMILES string of the molecule is Cc1ccc(OCc2nc3ccc(Cl)cc3[nH]2)c(C)c1. The van der Waals surface area contributed by atoms with Crippen molar-refractivity contribution >= 4 is 22.6 Å². The van der Waals surface area contributed by atoms with Crippen molar-refractivity contribution in [2.45, 2.75) is 20.5 Å². The van der Waals surface area contributed by atoms with E-state index >= 15 is 0 Å². The molecule has 4 heteroatoms. The molecule has 0 spiro atoms. The second-order valence-electron chi connectivity index (χ2n) is 4.90. The van der Waals surface area contributed by atoms with E-state index in [0.29, 0.717) is 11.6 Å². The van der Waals surface area contributed by atoms with E-state index in [1.807, 2.05) is 37.3 Å². The van der Waals surface area contributed by atoms with E-state index in [2.05, 4.69) is 23.0 Å². The van der Waals surface area contributed by atoms with Crippen LogP contribution in [0.1, 0.15) is 17.0 Å². The third-order valence-corrected chi connectivity index (χ3v) is 3.42. The van der Waals surface area contributed by atoms with Crippen molar-refractivity contribution in [2.24, 2.45) is 0 Å². The Bertz CT molecular complexity index is 764. The first-order chi connectivity index (χ1) is 9.61. The number of hydrogen-bond acceptors (Lipinski definition) is 2. The van der Waals surface area contributed by atoms with Crippen LogP contribution in [0.4, 0.5) is 0 Å². The largest absolute Gasteiger partial charge is 0.485 e. The number of aryl methyl sites for hydroxylation is 2. The van der Waals surface area contributed by atoms with Crippen LogP contribution in [-0.2, 0) is 6.61 Å². The van der Waals surface area contributed by atoms with Gasteiger partial charge in [0.2, 0.25) is 0 Å². The van der Waals surface area contributed by atoms with Gasteiger partial charge < -0.3 is 9.72 Å². The number of rotatable bonds is 3. The third kappa shape index (κ3) is 2.63. The van der Waals surface area contributed by atoms with Crippen molar-refractivity contribution < 1.29 is 4.74 Å². The predicted octanol–water partition coefficient (Wildman–Crippen LogP) is 4.41. The van der Waals surface area contributed by atoms with E-state index in [1.54, 1.807) is 0 Å². The van der Waals surface area contributed by atoms with Crippen molar-refractivity contribution in [1.82, 2.24) is 9.97 Å². The number of halogens is 1. The Kier molecular flexibility index (Phi) is 3.36. The molecule has 2 aromatic carbocycles. The molecule has 3 nitrogen and oxygen atoms in total. The minimum absolute atomic E-state index is 0.413. The van der Waals surface area contributed by atoms with E-state index in [0.717, 1.165) is 28.2 Å². The highest BCUT2D eigenvalue weighted by atomic mass is 35.5. The number of ether oxygens (including phenoxy) is 1. The second-order valence-corrected chi connectivity index (χ2v) is 5.34. The zero-order valence-corrected chi connectivity index (χ0v) is 12.2. The summed E-state index contributed by atoms with van der Waals surface area (Å²) in [6.45, 7) is 4.52. The number of fused-ring (bicyclic) bond motifs is 1. The number of nitrogens with one attached hydrogen (secondary N) is 1. The normalized spacial score (nSPS) is 10.9. The van der Waals surface area contributed by atoms with Gasteiger partial charge in [0.05, 0.1) is 11.0 Å². The van der Waals surface area contributed by atoms with Gasteiger partial charge in [0.25, 0.3) is 0 Å². The molecule has 0 saturated carbocycles. The van der Waals surface area contributed by atoms with E-state index < -0.39 is 0 Å². The summed E-state index contributed by atoms with van der Waals surface area (Å²) in [7, 11) is 0. The Morgan fingerprint density at radius 2 is 2.00 bits per heavy atom. The molecule has 3 aromatic rings. The van der Waals surface area contributed by atoms with Crippen molar-refractivity contribution in [3.63, 3.8) is 0 Å². The Morgan fingerprint density at radius 3 is 2.80 bits per heavy atom. The average molecular weight is 287 g/mol. The summed E-state index contributed by atoms with van der Waals surface area (Å²) in [5, 5.41) is 0.697. The Balaban J connectivity index is 1.79. The number of H-pyrrole nitrogens is 1. The van der Waals surface area contributed by atoms with Crippen LogP contribution in [0.25, 0.3) is 11.0 Å². The average Bonchev–Trinajstić information content (AvgIpc) is 2.79. The van der Waals surface area contributed by atoms with Crippen LogP contribution in [0.3, 0.4) is 0 Å². The molecule has 20 heavy (non-hydrogen) atoms. The first-order valence-electron chi connectivity index (χ1n) is 6.46. The molecule has 0 saturated heterocycles. The van der Waals surface area contributed by atoms with Gasteiger partial charge in [-0.25, -0.2) is 4.98 Å². The molecule has 0 unspecified atom stereocenters. The summed E-state index contributed by atoms with van der Waals surface area (Å²) in [4.78, 5) is 7.69. The van der Waals surface area contributed by atoms with E-state index in [1.165, 1.54) is 5.56 Å². The topological polar surface area (TPSA) is 37.9 Å². The van der Waals surface area contributed by atoms with Crippen LogP contribution in [0, 0.1) is 13.8 Å². The fourth-order valence-electron chi connectivity index (χ4n) is 2.21. The van der Waals surface area contributed by atoms with Crippen LogP contribution >= 0.6 is 11.6 Å². The maximum absolute atomic E-state index is 5.96. The Labute approximate surface area is 122 Å². The number of aromatic amines is 1. The molecule has 0 amide bonds. The number of benzene rings is 2. The van der Waals surface area contributed by atoms with Crippen LogP contribution in [0.2, 0.25) is 5.02 Å². The number of imidazole rings is 1. The van der Waals surface area contributed by atoms with Gasteiger partial charge in [-0.3, -0.25) is 0 Å². The molecule has 3 rings (SSSR count). The van der Waals surface area contributed by atoms with Gasteiger partial charge in [-0.15, -0.1) is 0 Å². The quantitative estimate of drug-likeness (QED) is 0.774. The smallest absolute Gasteiger partial charge is 0.146 e. The first-order valence-corrected chi connectivity index (χ1v) is 6.84. The molecular formula is C16H15ClN2O. The number of hydrogen-bond donors (Lipinski definition) is 1. The lowest BCUT2D eigenvalue weighted by Gasteiger charge is -2.08. The molecule has 0 bridgehead atoms. The highest BCUT2D eigenvalue weighted by Crippen LogP contribution is 2.21. The summed E-state index contributed by atoms with van der Waals surface area (Å²) in [6, 6.07) is 11.7. The molecule has 0 aliphatic rings. The summed E-state index contributed by atoms with van der Waals surface area (Å²) < 4.78 is 5.81. The van der Waals surface area contributed by atoms with Crippen molar-refractivity contribution in [1.29, 1.82) is 0 Å². The number of nitrogens with zero attached hydrogens (tertiary/aromatic N) is 1. The maximum atomic E-state index is 5.96. The molecule has 102 valence electrons. The van der Waals surface area contributed by atoms with Crippen molar-refractivity contribution in [2.75, 3.05) is 0 Å². The van der Waals surface area contributed by atoms with Crippen molar-refractivity contribution in [3.8, 4) is 5.75 Å². The minimum atomic E-state index is 0.413. The molecule has 0 atom stereocenters. The van der Waals surface area contributed by atoms with Gasteiger partial charge >= 0.3 is 0 Å². The summed E-state index contributed by atoms with van der Waals surface area (Å²) in [5.41, 5.74) is 4.18. The third-order valence-electron chi connectivity index (χ3n) is 3.19. The monoisotopic (exact) mass is 286 g/mol. The van der Waals surface area contributed by atoms with Crippen molar-refractivity contribution in [3.05, 3.63) is 58.4 Å². The summed E-state index contributed by atoms with van der Waals surface area (Å²) in [5.74, 6) is 1.68. The summed E-state index contributed by atoms with van der Waals surface area (Å²) >= 11 is 5.96. The van der Waals surface area contributed by atoms with Gasteiger partial charge in [0, 0.05) is 5.02 Å². The highest BCUT2D eigenvalue weighted by Gasteiger charge is 2.05. The summed E-state index contributed by atoms with van der Waals surface area (Å²) in [6.07, 6.45) is 0. The molecule has 0 fully saturated rings. The molecule has 1 heterocycles.